The van der Waals surface area contributed by atoms with Crippen LogP contribution in [0.2, 0.25) is 0 Å². The number of nitrogens with one attached hydrogen (secondary N) is 1. The number of thiazole rings is 1. The lowest BCUT2D eigenvalue weighted by Crippen LogP contribution is -2.16. The zero-order valence-electron chi connectivity index (χ0n) is 13.2. The molecule has 1 amide bonds. The zero-order chi connectivity index (χ0) is 17.9. The first-order valence-electron chi connectivity index (χ1n) is 7.53. The number of halogens is 1. The maximum absolute atomic E-state index is 13.0. The van der Waals surface area contributed by atoms with E-state index in [2.05, 4.69) is 25.3 Å². The van der Waals surface area contributed by atoms with Crippen LogP contribution in [0, 0.1) is 5.82 Å². The number of aromatic nitrogens is 5. The van der Waals surface area contributed by atoms with Crippen LogP contribution in [0.3, 0.4) is 0 Å². The molecule has 9 heteroatoms. The zero-order valence-corrected chi connectivity index (χ0v) is 14.0. The largest absolute Gasteiger partial charge is 0.296 e. The van der Waals surface area contributed by atoms with E-state index in [-0.39, 0.29) is 5.91 Å². The van der Waals surface area contributed by atoms with E-state index < -0.39 is 5.82 Å². The van der Waals surface area contributed by atoms with Crippen molar-refractivity contribution in [2.75, 3.05) is 5.32 Å². The molecule has 4 heterocycles. The molecule has 0 atom stereocenters. The van der Waals surface area contributed by atoms with E-state index in [1.807, 2.05) is 6.07 Å². The van der Waals surface area contributed by atoms with Crippen molar-refractivity contribution in [3.8, 4) is 17.2 Å². The van der Waals surface area contributed by atoms with E-state index in [9.17, 15) is 9.18 Å². The lowest BCUT2D eigenvalue weighted by atomic mass is 10.3. The van der Waals surface area contributed by atoms with Gasteiger partial charge in [-0.05, 0) is 24.3 Å². The molecule has 0 aliphatic rings. The van der Waals surface area contributed by atoms with Crippen molar-refractivity contribution in [2.24, 2.45) is 0 Å². The van der Waals surface area contributed by atoms with Crippen LogP contribution in [0.5, 0.6) is 0 Å². The Morgan fingerprint density at radius 1 is 1.12 bits per heavy atom. The summed E-state index contributed by atoms with van der Waals surface area (Å²) in [6.07, 6.45) is 5.74. The SMILES string of the molecule is O=C(Nc1nc(-c2ccc(F)cn2)cs1)c1cncn1-c1ccccn1. The van der Waals surface area contributed by atoms with Gasteiger partial charge in [-0.1, -0.05) is 6.07 Å². The molecule has 128 valence electrons. The Morgan fingerprint density at radius 3 is 2.81 bits per heavy atom. The van der Waals surface area contributed by atoms with Gasteiger partial charge >= 0.3 is 0 Å². The summed E-state index contributed by atoms with van der Waals surface area (Å²) in [4.78, 5) is 29.1. The number of anilines is 1. The van der Waals surface area contributed by atoms with Gasteiger partial charge in [0, 0.05) is 11.6 Å². The Bertz CT molecular complexity index is 1040. The van der Waals surface area contributed by atoms with Crippen molar-refractivity contribution in [2.45, 2.75) is 0 Å². The van der Waals surface area contributed by atoms with Crippen LogP contribution in [0.1, 0.15) is 10.5 Å². The van der Waals surface area contributed by atoms with Crippen molar-refractivity contribution in [3.63, 3.8) is 0 Å². The maximum atomic E-state index is 13.0. The first kappa shape index (κ1) is 16.0. The van der Waals surface area contributed by atoms with E-state index in [0.717, 1.165) is 6.20 Å². The molecular formula is C17H11FN6OS. The van der Waals surface area contributed by atoms with Crippen LogP contribution in [0.15, 0.2) is 60.6 Å². The molecule has 0 aromatic carbocycles. The lowest BCUT2D eigenvalue weighted by Gasteiger charge is -2.06. The van der Waals surface area contributed by atoms with Crippen molar-refractivity contribution in [1.29, 1.82) is 0 Å². The van der Waals surface area contributed by atoms with Gasteiger partial charge in [-0.15, -0.1) is 11.3 Å². The number of hydrogen-bond acceptors (Lipinski definition) is 6. The summed E-state index contributed by atoms with van der Waals surface area (Å²) >= 11 is 1.25. The highest BCUT2D eigenvalue weighted by Crippen LogP contribution is 2.24. The van der Waals surface area contributed by atoms with Crippen molar-refractivity contribution >= 4 is 22.4 Å². The average Bonchev–Trinajstić information content (AvgIpc) is 3.32. The second-order valence-electron chi connectivity index (χ2n) is 5.19. The molecule has 0 saturated carbocycles. The van der Waals surface area contributed by atoms with Crippen LogP contribution >= 0.6 is 11.3 Å². The van der Waals surface area contributed by atoms with Gasteiger partial charge < -0.3 is 0 Å². The van der Waals surface area contributed by atoms with Crippen LogP contribution in [0.4, 0.5) is 9.52 Å². The van der Waals surface area contributed by atoms with Crippen molar-refractivity contribution < 1.29 is 9.18 Å². The summed E-state index contributed by atoms with van der Waals surface area (Å²) in [5.74, 6) is -0.188. The molecule has 0 bridgehead atoms. The number of hydrogen-bond donors (Lipinski definition) is 1. The number of amides is 1. The molecule has 0 radical (unpaired) electrons. The standard InChI is InChI=1S/C17H11FN6OS/c18-11-4-5-12(21-7-11)13-9-26-17(22-13)23-16(25)14-8-19-10-24(14)15-3-1-2-6-20-15/h1-10H,(H,22,23,25). The Labute approximate surface area is 151 Å². The second kappa shape index (κ2) is 6.81. The summed E-state index contributed by atoms with van der Waals surface area (Å²) in [5, 5.41) is 4.88. The first-order valence-corrected chi connectivity index (χ1v) is 8.41. The lowest BCUT2D eigenvalue weighted by molar-refractivity contribution is 0.102. The Hall–Kier alpha value is -3.46. The summed E-state index contributed by atoms with van der Waals surface area (Å²) in [6, 6.07) is 8.24. The van der Waals surface area contributed by atoms with Gasteiger partial charge in [0.15, 0.2) is 5.13 Å². The monoisotopic (exact) mass is 366 g/mol. The highest BCUT2D eigenvalue weighted by Gasteiger charge is 2.16. The fourth-order valence-corrected chi connectivity index (χ4v) is 2.98. The van der Waals surface area contributed by atoms with Crippen molar-refractivity contribution in [1.82, 2.24) is 24.5 Å². The van der Waals surface area contributed by atoms with E-state index in [1.54, 1.807) is 28.3 Å². The van der Waals surface area contributed by atoms with Crippen LogP contribution in [-0.4, -0.2) is 30.4 Å². The third-order valence-corrected chi connectivity index (χ3v) is 4.24. The predicted octanol–water partition coefficient (Wildman–Crippen LogP) is 3.18. The molecule has 26 heavy (non-hydrogen) atoms. The summed E-state index contributed by atoms with van der Waals surface area (Å²) < 4.78 is 14.6. The number of imidazole rings is 1. The Morgan fingerprint density at radius 2 is 2.04 bits per heavy atom. The number of nitrogens with zero attached hydrogens (tertiary/aromatic N) is 5. The Kier molecular flexibility index (Phi) is 4.20. The molecule has 7 nitrogen and oxygen atoms in total. The molecule has 0 unspecified atom stereocenters. The van der Waals surface area contributed by atoms with Gasteiger partial charge in [0.2, 0.25) is 0 Å². The molecule has 0 saturated heterocycles. The van der Waals surface area contributed by atoms with E-state index >= 15 is 0 Å². The number of rotatable bonds is 4. The van der Waals surface area contributed by atoms with Crippen molar-refractivity contribution in [3.05, 3.63) is 72.1 Å². The molecular weight excluding hydrogens is 355 g/mol. The van der Waals surface area contributed by atoms with Crippen LogP contribution in [-0.2, 0) is 0 Å². The third kappa shape index (κ3) is 3.20. The molecule has 0 spiro atoms. The number of pyridine rings is 2. The molecule has 4 aromatic heterocycles. The quantitative estimate of drug-likeness (QED) is 0.600. The highest BCUT2D eigenvalue weighted by atomic mass is 32.1. The van der Waals surface area contributed by atoms with Gasteiger partial charge in [-0.25, -0.2) is 19.3 Å². The van der Waals surface area contributed by atoms with Gasteiger partial charge in [0.1, 0.15) is 29.4 Å². The summed E-state index contributed by atoms with van der Waals surface area (Å²) in [6.45, 7) is 0. The van der Waals surface area contributed by atoms with Crippen LogP contribution < -0.4 is 5.32 Å². The normalized spacial score (nSPS) is 10.7. The minimum atomic E-state index is -0.416. The molecule has 4 rings (SSSR count). The Balaban J connectivity index is 1.55. The molecule has 0 aliphatic carbocycles. The predicted molar refractivity (Wildman–Crippen MR) is 94.6 cm³/mol. The summed E-state index contributed by atoms with van der Waals surface area (Å²) in [7, 11) is 0. The van der Waals surface area contributed by atoms with Gasteiger partial charge in [-0.2, -0.15) is 0 Å². The molecule has 1 N–H and O–H groups in total. The fraction of sp³-hybridized carbons (Fsp3) is 0. The third-order valence-electron chi connectivity index (χ3n) is 3.48. The van der Waals surface area contributed by atoms with Gasteiger partial charge in [0.05, 0.1) is 18.1 Å². The van der Waals surface area contributed by atoms with E-state index in [4.69, 9.17) is 0 Å². The smallest absolute Gasteiger partial charge is 0.276 e. The summed E-state index contributed by atoms with van der Waals surface area (Å²) in [5.41, 5.74) is 1.42. The molecule has 4 aromatic rings. The van der Waals surface area contributed by atoms with Gasteiger partial charge in [0.25, 0.3) is 5.91 Å². The first-order chi connectivity index (χ1) is 12.7. The van der Waals surface area contributed by atoms with E-state index in [1.165, 1.54) is 36.0 Å². The number of carbonyl (C=O) groups excluding carboxylic acids is 1. The minimum Gasteiger partial charge on any atom is -0.296 e. The topological polar surface area (TPSA) is 85.6 Å². The van der Waals surface area contributed by atoms with Gasteiger partial charge in [-0.3, -0.25) is 19.7 Å². The maximum Gasteiger partial charge on any atom is 0.276 e. The second-order valence-corrected chi connectivity index (χ2v) is 6.05. The highest BCUT2D eigenvalue weighted by molar-refractivity contribution is 7.14. The van der Waals surface area contributed by atoms with Crippen LogP contribution in [0.25, 0.3) is 17.2 Å². The van der Waals surface area contributed by atoms with E-state index in [0.29, 0.717) is 28.0 Å². The fourth-order valence-electron chi connectivity index (χ4n) is 2.28. The average molecular weight is 366 g/mol. The molecule has 0 fully saturated rings. The molecule has 0 aliphatic heterocycles. The number of carbonyl (C=O) groups is 1. The minimum absolute atomic E-state index is 0.334.